The van der Waals surface area contributed by atoms with Crippen LogP contribution in [0.4, 0.5) is 0 Å². The van der Waals surface area contributed by atoms with E-state index in [0.29, 0.717) is 12.0 Å². The molecule has 0 radical (unpaired) electrons. The van der Waals surface area contributed by atoms with Gasteiger partial charge in [-0.05, 0) is 161 Å². The molecule has 7 aromatic carbocycles. The molecule has 0 unspecified atom stereocenters. The molecule has 2 aliphatic carbocycles. The van der Waals surface area contributed by atoms with Gasteiger partial charge < -0.3 is 8.98 Å². The highest BCUT2D eigenvalue weighted by molar-refractivity contribution is 6.16. The van der Waals surface area contributed by atoms with Crippen LogP contribution in [0.15, 0.2) is 238 Å². The van der Waals surface area contributed by atoms with Crippen molar-refractivity contribution in [1.29, 1.82) is 0 Å². The molecule has 332 valence electrons. The van der Waals surface area contributed by atoms with E-state index in [4.69, 9.17) is 9.41 Å². The number of rotatable bonds is 10. The quantitative estimate of drug-likeness (QED) is 0.0996. The molecule has 4 heteroatoms. The van der Waals surface area contributed by atoms with Crippen LogP contribution in [0.2, 0.25) is 0 Å². The minimum atomic E-state index is 0.466. The second-order valence-electron chi connectivity index (χ2n) is 17.6. The number of benzene rings is 7. The van der Waals surface area contributed by atoms with E-state index in [0.717, 1.165) is 84.3 Å². The standard InChI is InChI=1S/C65H51N3O/c1-6-18-44(8-3)65(66-5)57-40-49(54-28-17-23-50-37-48-21-12-13-26-53(48)64(50)54)30-33-59(57)67-41-43-20-16-22-47(36-43)52(19-7-2)63-42(4)69-62-35-32-46(39-58(62)63)45-31-34-61-56(38-45)55-27-14-15-29-60(55)68(61)51-24-10-9-11-25-51/h6-36,38-40H,4-5,37,41H2,1-3H3/b18-6-,19-7-,44-8+,63-52-,65-57-,67-59?. The molecular formula is C65H51N3O. The Balaban J connectivity index is 0.980. The number of aromatic nitrogens is 1. The molecule has 0 bridgehead atoms. The first-order valence-electron chi connectivity index (χ1n) is 23.7. The molecule has 0 saturated heterocycles. The Labute approximate surface area is 403 Å². The first-order valence-corrected chi connectivity index (χ1v) is 23.7. The molecule has 11 rings (SSSR count). The summed E-state index contributed by atoms with van der Waals surface area (Å²) in [5.41, 5.74) is 21.6. The van der Waals surface area contributed by atoms with Crippen LogP contribution in [-0.4, -0.2) is 17.0 Å². The lowest BCUT2D eigenvalue weighted by molar-refractivity contribution is 0.577. The Morgan fingerprint density at radius 2 is 1.39 bits per heavy atom. The largest absolute Gasteiger partial charge is 0.457 e. The van der Waals surface area contributed by atoms with Crippen LogP contribution >= 0.6 is 0 Å². The van der Waals surface area contributed by atoms with Crippen LogP contribution in [0.3, 0.4) is 0 Å². The van der Waals surface area contributed by atoms with Crippen LogP contribution in [0.25, 0.3) is 78.4 Å². The average molecular weight is 890 g/mol. The lowest BCUT2D eigenvalue weighted by Gasteiger charge is -2.18. The van der Waals surface area contributed by atoms with Crippen molar-refractivity contribution >= 4 is 62.9 Å². The molecule has 0 amide bonds. The van der Waals surface area contributed by atoms with Crippen molar-refractivity contribution in [3.05, 3.63) is 262 Å². The van der Waals surface area contributed by atoms with Gasteiger partial charge in [-0.1, -0.05) is 152 Å². The monoisotopic (exact) mass is 889 g/mol. The Morgan fingerprint density at radius 3 is 2.22 bits per heavy atom. The number of fused-ring (bicyclic) bond motifs is 7. The number of nitrogens with zero attached hydrogens (tertiary/aromatic N) is 3. The van der Waals surface area contributed by atoms with E-state index in [9.17, 15) is 0 Å². The summed E-state index contributed by atoms with van der Waals surface area (Å²) < 4.78 is 8.77. The van der Waals surface area contributed by atoms with E-state index < -0.39 is 0 Å². The molecule has 9 aromatic rings. The fourth-order valence-electron chi connectivity index (χ4n) is 10.4. The Bertz CT molecular complexity index is 3900. The van der Waals surface area contributed by atoms with Gasteiger partial charge >= 0.3 is 0 Å². The Hall–Kier alpha value is -8.60. The number of aliphatic imine (C=N–C) groups is 2. The van der Waals surface area contributed by atoms with Crippen molar-refractivity contribution in [2.45, 2.75) is 33.7 Å². The van der Waals surface area contributed by atoms with Gasteiger partial charge in [0.15, 0.2) is 0 Å². The highest BCUT2D eigenvalue weighted by Gasteiger charge is 2.24. The molecule has 0 aliphatic heterocycles. The molecule has 69 heavy (non-hydrogen) atoms. The normalized spacial score (nSPS) is 15.4. The molecule has 4 nitrogen and oxygen atoms in total. The van der Waals surface area contributed by atoms with E-state index in [2.05, 4.69) is 230 Å². The number of hydrogen-bond donors (Lipinski definition) is 0. The number of hydrogen-bond acceptors (Lipinski definition) is 3. The summed E-state index contributed by atoms with van der Waals surface area (Å²) in [6, 6.07) is 56.6. The smallest absolute Gasteiger partial charge is 0.135 e. The maximum Gasteiger partial charge on any atom is 0.135 e. The number of furan rings is 1. The zero-order chi connectivity index (χ0) is 47.0. The molecule has 0 atom stereocenters. The SMILES string of the molecule is C=NC(=C1/C=C(c2cccc3c2-c2ccccc2C3)C=CC1=NCc1cccc(C(/C=C\C)=c2/c(=C)oc3ccc(-c4ccc5c(c4)c4ccccc4n5-c4ccccc4)cc23)c1)/C(/C=C\C)=C/C. The minimum absolute atomic E-state index is 0.466. The third-order valence-corrected chi connectivity index (χ3v) is 13.5. The van der Waals surface area contributed by atoms with Crippen LogP contribution in [-0.2, 0) is 13.0 Å². The first kappa shape index (κ1) is 43.0. The molecule has 0 saturated carbocycles. The summed E-state index contributed by atoms with van der Waals surface area (Å²) in [6.07, 6.45) is 18.0. The lowest BCUT2D eigenvalue weighted by Crippen LogP contribution is -2.21. The van der Waals surface area contributed by atoms with Crippen LogP contribution in [0.1, 0.15) is 48.6 Å². The van der Waals surface area contributed by atoms with Crippen molar-refractivity contribution < 1.29 is 4.42 Å². The first-order chi connectivity index (χ1) is 34.0. The van der Waals surface area contributed by atoms with E-state index in [1.807, 2.05) is 19.9 Å². The van der Waals surface area contributed by atoms with E-state index in [1.165, 1.54) is 49.6 Å². The number of allylic oxidation sites excluding steroid dienone is 10. The molecule has 2 heterocycles. The minimum Gasteiger partial charge on any atom is -0.457 e. The van der Waals surface area contributed by atoms with E-state index >= 15 is 0 Å². The van der Waals surface area contributed by atoms with E-state index in [1.54, 1.807) is 0 Å². The predicted octanol–water partition coefficient (Wildman–Crippen LogP) is 15.0. The van der Waals surface area contributed by atoms with Crippen LogP contribution in [0.5, 0.6) is 0 Å². The van der Waals surface area contributed by atoms with Crippen molar-refractivity contribution in [1.82, 2.24) is 4.57 Å². The van der Waals surface area contributed by atoms with Gasteiger partial charge in [-0.3, -0.25) is 9.98 Å². The second-order valence-corrected chi connectivity index (χ2v) is 17.6. The molecule has 0 fully saturated rings. The summed E-state index contributed by atoms with van der Waals surface area (Å²) in [4.78, 5) is 9.98. The fraction of sp³-hybridized carbons (Fsp3) is 0.0769. The molecule has 0 N–H and O–H groups in total. The van der Waals surface area contributed by atoms with Crippen LogP contribution in [0, 0.1) is 0 Å². The van der Waals surface area contributed by atoms with Crippen molar-refractivity contribution in [3.63, 3.8) is 0 Å². The third-order valence-electron chi connectivity index (χ3n) is 13.5. The van der Waals surface area contributed by atoms with E-state index in [-0.39, 0.29) is 0 Å². The maximum absolute atomic E-state index is 6.42. The van der Waals surface area contributed by atoms with Gasteiger partial charge in [0.2, 0.25) is 0 Å². The van der Waals surface area contributed by atoms with Gasteiger partial charge in [-0.15, -0.1) is 0 Å². The zero-order valence-corrected chi connectivity index (χ0v) is 39.2. The average Bonchev–Trinajstić information content (AvgIpc) is 4.05. The lowest BCUT2D eigenvalue weighted by atomic mass is 9.88. The molecule has 2 aliphatic rings. The molecule has 2 aromatic heterocycles. The fourth-order valence-corrected chi connectivity index (χ4v) is 10.4. The number of para-hydroxylation sites is 2. The summed E-state index contributed by atoms with van der Waals surface area (Å²) in [7, 11) is 0. The highest BCUT2D eigenvalue weighted by Crippen LogP contribution is 2.43. The molecule has 0 spiro atoms. The van der Waals surface area contributed by atoms with Crippen molar-refractivity contribution in [3.8, 4) is 27.9 Å². The summed E-state index contributed by atoms with van der Waals surface area (Å²) >= 11 is 0. The molecular weight excluding hydrogens is 839 g/mol. The second kappa shape index (κ2) is 18.2. The van der Waals surface area contributed by atoms with Crippen molar-refractivity contribution in [2.75, 3.05) is 0 Å². The summed E-state index contributed by atoms with van der Waals surface area (Å²) in [5.74, 6) is 0. The van der Waals surface area contributed by atoms with Gasteiger partial charge in [0.1, 0.15) is 11.0 Å². The highest BCUT2D eigenvalue weighted by atomic mass is 16.3. The maximum atomic E-state index is 6.42. The summed E-state index contributed by atoms with van der Waals surface area (Å²) in [5, 5.41) is 4.43. The topological polar surface area (TPSA) is 42.8 Å². The summed E-state index contributed by atoms with van der Waals surface area (Å²) in [6.45, 7) is 15.1. The van der Waals surface area contributed by atoms with Gasteiger partial charge in [0.25, 0.3) is 0 Å². The Kier molecular flexibility index (Phi) is 11.4. The third kappa shape index (κ3) is 7.70. The van der Waals surface area contributed by atoms with Gasteiger partial charge in [0.05, 0.1) is 29.0 Å². The van der Waals surface area contributed by atoms with Gasteiger partial charge in [-0.2, -0.15) is 0 Å². The van der Waals surface area contributed by atoms with Gasteiger partial charge in [0, 0.05) is 32.6 Å². The van der Waals surface area contributed by atoms with Crippen LogP contribution < -0.4 is 10.6 Å². The predicted molar refractivity (Wildman–Crippen MR) is 293 cm³/mol. The zero-order valence-electron chi connectivity index (χ0n) is 39.2. The van der Waals surface area contributed by atoms with Crippen molar-refractivity contribution in [2.24, 2.45) is 9.98 Å². The Morgan fingerprint density at radius 1 is 0.667 bits per heavy atom. The van der Waals surface area contributed by atoms with Gasteiger partial charge in [-0.25, -0.2) is 0 Å².